The lowest BCUT2D eigenvalue weighted by Crippen LogP contribution is -2.49. The van der Waals surface area contributed by atoms with Crippen LogP contribution in [0.1, 0.15) is 48.9 Å². The van der Waals surface area contributed by atoms with Crippen LogP contribution in [0.4, 0.5) is 0 Å². The summed E-state index contributed by atoms with van der Waals surface area (Å²) in [5, 5.41) is 13.8. The Kier molecular flexibility index (Phi) is 6.17. The molecule has 3 fully saturated rings. The minimum Gasteiger partial charge on any atom is -0.381 e. The smallest absolute Gasteiger partial charge is 0.253 e. The highest BCUT2D eigenvalue weighted by Gasteiger charge is 2.35. The Bertz CT molecular complexity index is 676. The van der Waals surface area contributed by atoms with Crippen LogP contribution < -0.4 is 10.6 Å². The molecule has 8 heteroatoms. The van der Waals surface area contributed by atoms with Gasteiger partial charge in [0.2, 0.25) is 5.91 Å². The molecule has 0 aromatic carbocycles. The van der Waals surface area contributed by atoms with Gasteiger partial charge in [0.25, 0.3) is 5.91 Å². The number of rotatable bonds is 5. The third-order valence-corrected chi connectivity index (χ3v) is 5.96. The monoisotopic (exact) mass is 387 g/mol. The Labute approximate surface area is 165 Å². The summed E-state index contributed by atoms with van der Waals surface area (Å²) in [6.45, 7) is 3.05. The van der Waals surface area contributed by atoms with Gasteiger partial charge in [0, 0.05) is 44.4 Å². The number of hydrogen-bond acceptors (Lipinski definition) is 6. The Balaban J connectivity index is 1.43. The minimum atomic E-state index is -0.132. The minimum absolute atomic E-state index is 0.0160. The van der Waals surface area contributed by atoms with Gasteiger partial charge in [-0.3, -0.25) is 14.5 Å². The second-order valence-corrected chi connectivity index (χ2v) is 8.16. The maximum Gasteiger partial charge on any atom is 0.253 e. The van der Waals surface area contributed by atoms with Crippen molar-refractivity contribution in [1.82, 2.24) is 25.7 Å². The standard InChI is InChI=1S/C20H29N5O3/c26-19(14-5-8-21-22-11-14)24-17-2-1-15(20(27)23-16-3-4-16)12-25(13-17)18-6-9-28-10-7-18/h5,8,11,15-18H,1-4,6-7,9-10,12-13H2,(H,23,27)(H,24,26)/t15-,17+/m1/s1. The van der Waals surface area contributed by atoms with Crippen molar-refractivity contribution in [3.8, 4) is 0 Å². The van der Waals surface area contributed by atoms with E-state index in [9.17, 15) is 9.59 Å². The SMILES string of the molecule is O=C(N[C@H]1CC[C@@H](C(=O)NC2CC2)CN(C2CCOCC2)C1)c1ccnnc1. The Morgan fingerprint density at radius 1 is 0.964 bits per heavy atom. The first-order valence-electron chi connectivity index (χ1n) is 10.4. The fraction of sp³-hybridized carbons (Fsp3) is 0.700. The summed E-state index contributed by atoms with van der Waals surface area (Å²) in [6.07, 6.45) is 8.74. The van der Waals surface area contributed by atoms with Crippen molar-refractivity contribution in [2.75, 3.05) is 26.3 Å². The van der Waals surface area contributed by atoms with Gasteiger partial charge in [-0.1, -0.05) is 0 Å². The Hall–Kier alpha value is -2.06. The number of ether oxygens (including phenoxy) is 1. The molecular weight excluding hydrogens is 358 g/mol. The number of nitrogens with one attached hydrogen (secondary N) is 2. The summed E-state index contributed by atoms with van der Waals surface area (Å²) in [4.78, 5) is 27.7. The van der Waals surface area contributed by atoms with Crippen LogP contribution in [0.3, 0.4) is 0 Å². The fourth-order valence-electron chi connectivity index (χ4n) is 4.15. The van der Waals surface area contributed by atoms with Gasteiger partial charge in [0.15, 0.2) is 0 Å². The summed E-state index contributed by atoms with van der Waals surface area (Å²) in [5.41, 5.74) is 0.514. The summed E-state index contributed by atoms with van der Waals surface area (Å²) in [6, 6.07) is 2.47. The molecule has 0 unspecified atom stereocenters. The van der Waals surface area contributed by atoms with E-state index in [0.29, 0.717) is 17.6 Å². The van der Waals surface area contributed by atoms with E-state index in [4.69, 9.17) is 4.74 Å². The van der Waals surface area contributed by atoms with E-state index < -0.39 is 0 Å². The fourth-order valence-corrected chi connectivity index (χ4v) is 4.15. The maximum atomic E-state index is 12.7. The molecule has 1 aliphatic carbocycles. The van der Waals surface area contributed by atoms with E-state index in [2.05, 4.69) is 25.7 Å². The predicted octanol–water partition coefficient (Wildman–Crippen LogP) is 0.745. The normalized spacial score (nSPS) is 27.0. The quantitative estimate of drug-likeness (QED) is 0.774. The van der Waals surface area contributed by atoms with Crippen LogP contribution in [0.2, 0.25) is 0 Å². The average molecular weight is 387 g/mol. The number of carbonyl (C=O) groups is 2. The molecule has 2 N–H and O–H groups in total. The zero-order valence-corrected chi connectivity index (χ0v) is 16.2. The molecule has 3 aliphatic rings. The summed E-state index contributed by atoms with van der Waals surface area (Å²) < 4.78 is 5.52. The first kappa shape index (κ1) is 19.3. The molecule has 2 atom stereocenters. The molecule has 0 spiro atoms. The maximum absolute atomic E-state index is 12.7. The van der Waals surface area contributed by atoms with Crippen molar-refractivity contribution in [2.45, 2.75) is 56.7 Å². The Morgan fingerprint density at radius 2 is 1.75 bits per heavy atom. The van der Waals surface area contributed by atoms with Crippen molar-refractivity contribution in [2.24, 2.45) is 5.92 Å². The van der Waals surface area contributed by atoms with Crippen molar-refractivity contribution < 1.29 is 14.3 Å². The van der Waals surface area contributed by atoms with E-state index in [0.717, 1.165) is 64.8 Å². The molecule has 2 saturated heterocycles. The van der Waals surface area contributed by atoms with Gasteiger partial charge in [0.05, 0.1) is 23.9 Å². The van der Waals surface area contributed by atoms with Crippen molar-refractivity contribution in [1.29, 1.82) is 0 Å². The van der Waals surface area contributed by atoms with E-state index in [1.807, 2.05) is 0 Å². The van der Waals surface area contributed by atoms with Crippen LogP contribution in [0.15, 0.2) is 18.5 Å². The van der Waals surface area contributed by atoms with Crippen molar-refractivity contribution in [3.63, 3.8) is 0 Å². The number of aromatic nitrogens is 2. The molecule has 8 nitrogen and oxygen atoms in total. The van der Waals surface area contributed by atoms with Crippen molar-refractivity contribution in [3.05, 3.63) is 24.0 Å². The van der Waals surface area contributed by atoms with Crippen LogP contribution in [0, 0.1) is 5.92 Å². The van der Waals surface area contributed by atoms with Gasteiger partial charge < -0.3 is 15.4 Å². The second kappa shape index (κ2) is 8.96. The van der Waals surface area contributed by atoms with Crippen molar-refractivity contribution >= 4 is 11.8 Å². The van der Waals surface area contributed by atoms with Gasteiger partial charge in [-0.2, -0.15) is 10.2 Å². The molecule has 28 heavy (non-hydrogen) atoms. The third-order valence-electron chi connectivity index (χ3n) is 5.96. The molecule has 152 valence electrons. The number of nitrogens with zero attached hydrogens (tertiary/aromatic N) is 3. The summed E-state index contributed by atoms with van der Waals surface area (Å²) >= 11 is 0. The lowest BCUT2D eigenvalue weighted by molar-refractivity contribution is -0.126. The lowest BCUT2D eigenvalue weighted by atomic mass is 10.00. The van der Waals surface area contributed by atoms with Crippen LogP contribution in [0.25, 0.3) is 0 Å². The lowest BCUT2D eigenvalue weighted by Gasteiger charge is -2.36. The zero-order valence-electron chi connectivity index (χ0n) is 16.2. The Morgan fingerprint density at radius 3 is 2.46 bits per heavy atom. The van der Waals surface area contributed by atoms with Gasteiger partial charge in [-0.25, -0.2) is 0 Å². The molecule has 0 radical (unpaired) electrons. The predicted molar refractivity (Wildman–Crippen MR) is 103 cm³/mol. The molecule has 0 bridgehead atoms. The highest BCUT2D eigenvalue weighted by Crippen LogP contribution is 2.25. The van der Waals surface area contributed by atoms with E-state index >= 15 is 0 Å². The molecule has 3 heterocycles. The van der Waals surface area contributed by atoms with Crippen LogP contribution in [0.5, 0.6) is 0 Å². The number of hydrogen-bond donors (Lipinski definition) is 2. The number of carbonyl (C=O) groups excluding carboxylic acids is 2. The topological polar surface area (TPSA) is 96.5 Å². The van der Waals surface area contributed by atoms with Gasteiger partial charge >= 0.3 is 0 Å². The molecule has 4 rings (SSSR count). The molecular formula is C20H29N5O3. The van der Waals surface area contributed by atoms with E-state index in [1.165, 1.54) is 12.4 Å². The van der Waals surface area contributed by atoms with Crippen LogP contribution >= 0.6 is 0 Å². The zero-order chi connectivity index (χ0) is 19.3. The first-order chi connectivity index (χ1) is 13.7. The number of likely N-dealkylation sites (tertiary alicyclic amines) is 1. The van der Waals surface area contributed by atoms with Crippen LogP contribution in [-0.4, -0.2) is 71.3 Å². The largest absolute Gasteiger partial charge is 0.381 e. The second-order valence-electron chi connectivity index (χ2n) is 8.16. The van der Waals surface area contributed by atoms with Gasteiger partial charge in [-0.15, -0.1) is 0 Å². The highest BCUT2D eigenvalue weighted by atomic mass is 16.5. The summed E-state index contributed by atoms with van der Waals surface area (Å²) in [5.74, 6) is 0.0190. The molecule has 2 aliphatic heterocycles. The van der Waals surface area contributed by atoms with Gasteiger partial charge in [-0.05, 0) is 44.6 Å². The van der Waals surface area contributed by atoms with E-state index in [1.54, 1.807) is 6.07 Å². The molecule has 1 aromatic rings. The van der Waals surface area contributed by atoms with E-state index in [-0.39, 0.29) is 23.8 Å². The summed E-state index contributed by atoms with van der Waals surface area (Å²) in [7, 11) is 0. The first-order valence-corrected chi connectivity index (χ1v) is 10.4. The highest BCUT2D eigenvalue weighted by molar-refractivity contribution is 5.93. The molecule has 2 amide bonds. The molecule has 1 saturated carbocycles. The van der Waals surface area contributed by atoms with Crippen LogP contribution in [-0.2, 0) is 9.53 Å². The number of amides is 2. The molecule has 1 aromatic heterocycles. The van der Waals surface area contributed by atoms with Gasteiger partial charge in [0.1, 0.15) is 0 Å². The average Bonchev–Trinajstić information content (AvgIpc) is 3.56. The third kappa shape index (κ3) is 5.05.